The summed E-state index contributed by atoms with van der Waals surface area (Å²) in [5, 5.41) is 3.45. The highest BCUT2D eigenvalue weighted by atomic mass is 32.2. The van der Waals surface area contributed by atoms with E-state index in [1.54, 1.807) is 6.26 Å². The fourth-order valence-corrected chi connectivity index (χ4v) is 3.56. The van der Waals surface area contributed by atoms with Gasteiger partial charge in [0, 0.05) is 31.2 Å². The van der Waals surface area contributed by atoms with Gasteiger partial charge in [0.05, 0.1) is 24.3 Å². The van der Waals surface area contributed by atoms with Crippen LogP contribution in [0.2, 0.25) is 0 Å². The topological polar surface area (TPSA) is 62.6 Å². The van der Waals surface area contributed by atoms with Crippen LogP contribution in [0.15, 0.2) is 16.7 Å². The summed E-state index contributed by atoms with van der Waals surface area (Å²) >= 11 is 0. The lowest BCUT2D eigenvalue weighted by Gasteiger charge is -2.25. The maximum absolute atomic E-state index is 11.3. The Hall–Kier alpha value is -0.850. The van der Waals surface area contributed by atoms with Gasteiger partial charge in [-0.1, -0.05) is 0 Å². The average Bonchev–Trinajstić information content (AvgIpc) is 3.10. The number of rotatable bonds is 5. The molecule has 0 atom stereocenters. The largest absolute Gasteiger partial charge is 0.468 e. The fraction of sp³-hybridized carbons (Fsp3) is 0.692. The van der Waals surface area contributed by atoms with E-state index in [0.717, 1.165) is 12.3 Å². The molecule has 1 aromatic rings. The molecule has 0 radical (unpaired) electrons. The Balaban J connectivity index is 1.49. The van der Waals surface area contributed by atoms with E-state index < -0.39 is 9.84 Å². The summed E-state index contributed by atoms with van der Waals surface area (Å²) in [7, 11) is -2.80. The molecule has 3 rings (SSSR count). The number of nitrogens with zero attached hydrogens (tertiary/aromatic N) is 1. The van der Waals surface area contributed by atoms with Crippen LogP contribution in [0.25, 0.3) is 0 Å². The number of sulfone groups is 1. The molecule has 5 nitrogen and oxygen atoms in total. The van der Waals surface area contributed by atoms with Crippen LogP contribution in [-0.4, -0.2) is 44.0 Å². The third-order valence-corrected chi connectivity index (χ3v) is 5.31. The second kappa shape index (κ2) is 5.26. The smallest absolute Gasteiger partial charge is 0.152 e. The summed E-state index contributed by atoms with van der Waals surface area (Å²) in [6.45, 7) is 2.79. The minimum atomic E-state index is -2.80. The Morgan fingerprint density at radius 1 is 1.32 bits per heavy atom. The maximum Gasteiger partial charge on any atom is 0.152 e. The van der Waals surface area contributed by atoms with Gasteiger partial charge in [-0.25, -0.2) is 8.42 Å². The first-order valence-electron chi connectivity index (χ1n) is 6.83. The van der Waals surface area contributed by atoms with Gasteiger partial charge >= 0.3 is 0 Å². The normalized spacial score (nSPS) is 23.6. The maximum atomic E-state index is 11.3. The van der Waals surface area contributed by atoms with Crippen molar-refractivity contribution in [2.75, 3.05) is 24.6 Å². The molecular weight excluding hydrogens is 264 g/mol. The average molecular weight is 284 g/mol. The Morgan fingerprint density at radius 2 is 2.05 bits per heavy atom. The molecule has 1 aromatic heterocycles. The van der Waals surface area contributed by atoms with Crippen molar-refractivity contribution in [3.05, 3.63) is 23.7 Å². The van der Waals surface area contributed by atoms with Crippen LogP contribution >= 0.6 is 0 Å². The quantitative estimate of drug-likeness (QED) is 0.865. The third-order valence-electron chi connectivity index (χ3n) is 3.70. The van der Waals surface area contributed by atoms with Gasteiger partial charge in [0.2, 0.25) is 0 Å². The predicted octanol–water partition coefficient (Wildman–Crippen LogP) is 0.762. The molecule has 2 aliphatic rings. The van der Waals surface area contributed by atoms with Crippen LogP contribution in [0.1, 0.15) is 24.2 Å². The molecule has 2 fully saturated rings. The Kier molecular flexibility index (Phi) is 3.64. The number of furan rings is 1. The summed E-state index contributed by atoms with van der Waals surface area (Å²) in [6.07, 6.45) is 4.37. The van der Waals surface area contributed by atoms with Crippen molar-refractivity contribution < 1.29 is 12.8 Å². The molecule has 1 saturated heterocycles. The predicted molar refractivity (Wildman–Crippen MR) is 72.5 cm³/mol. The summed E-state index contributed by atoms with van der Waals surface area (Å²) in [6, 6.07) is 2.77. The highest BCUT2D eigenvalue weighted by molar-refractivity contribution is 7.91. The standard InChI is InChI=1S/C13H20N2O3S/c16-19(17)5-3-15(4-6-19)9-13-7-11(10-18-13)8-14-12-1-2-12/h7,10,12,14H,1-6,8-9H2. The third kappa shape index (κ3) is 3.81. The lowest BCUT2D eigenvalue weighted by atomic mass is 10.3. The minimum absolute atomic E-state index is 0.268. The van der Waals surface area contributed by atoms with Gasteiger partial charge in [-0.2, -0.15) is 0 Å². The lowest BCUT2D eigenvalue weighted by Crippen LogP contribution is -2.39. The van der Waals surface area contributed by atoms with Crippen LogP contribution in [0.5, 0.6) is 0 Å². The van der Waals surface area contributed by atoms with Crippen LogP contribution in [-0.2, 0) is 22.9 Å². The molecule has 1 aliphatic carbocycles. The molecule has 106 valence electrons. The Morgan fingerprint density at radius 3 is 2.74 bits per heavy atom. The zero-order valence-corrected chi connectivity index (χ0v) is 11.8. The van der Waals surface area contributed by atoms with E-state index in [4.69, 9.17) is 4.42 Å². The molecule has 19 heavy (non-hydrogen) atoms. The van der Waals surface area contributed by atoms with Crippen LogP contribution in [0.3, 0.4) is 0 Å². The minimum Gasteiger partial charge on any atom is -0.468 e. The van der Waals surface area contributed by atoms with Gasteiger partial charge in [-0.3, -0.25) is 4.90 Å². The van der Waals surface area contributed by atoms with Crippen molar-refractivity contribution in [1.82, 2.24) is 10.2 Å². The van der Waals surface area contributed by atoms with E-state index in [1.165, 1.54) is 18.4 Å². The zero-order chi connectivity index (χ0) is 13.3. The first-order valence-corrected chi connectivity index (χ1v) is 8.65. The zero-order valence-electron chi connectivity index (χ0n) is 11.0. The highest BCUT2D eigenvalue weighted by Gasteiger charge is 2.23. The molecule has 1 N–H and O–H groups in total. The molecule has 0 amide bonds. The summed E-state index contributed by atoms with van der Waals surface area (Å²) in [5.41, 5.74) is 1.17. The van der Waals surface area contributed by atoms with Gasteiger partial charge in [0.1, 0.15) is 5.76 Å². The van der Waals surface area contributed by atoms with Gasteiger partial charge in [-0.05, 0) is 18.9 Å². The Bertz CT molecular complexity index is 520. The molecule has 1 saturated carbocycles. The monoisotopic (exact) mass is 284 g/mol. The molecule has 0 bridgehead atoms. The molecule has 6 heteroatoms. The fourth-order valence-electron chi connectivity index (χ4n) is 2.28. The van der Waals surface area contributed by atoms with Gasteiger partial charge in [-0.15, -0.1) is 0 Å². The molecular formula is C13H20N2O3S. The molecule has 0 spiro atoms. The van der Waals surface area contributed by atoms with Crippen molar-refractivity contribution in [1.29, 1.82) is 0 Å². The van der Waals surface area contributed by atoms with Crippen LogP contribution < -0.4 is 5.32 Å². The number of nitrogens with one attached hydrogen (secondary N) is 1. The second-order valence-electron chi connectivity index (χ2n) is 5.50. The van der Waals surface area contributed by atoms with E-state index in [0.29, 0.717) is 25.7 Å². The van der Waals surface area contributed by atoms with Crippen molar-refractivity contribution in [2.45, 2.75) is 32.0 Å². The summed E-state index contributed by atoms with van der Waals surface area (Å²) in [5.74, 6) is 1.46. The highest BCUT2D eigenvalue weighted by Crippen LogP contribution is 2.20. The van der Waals surface area contributed by atoms with Crippen molar-refractivity contribution in [3.8, 4) is 0 Å². The van der Waals surface area contributed by atoms with Gasteiger partial charge < -0.3 is 9.73 Å². The molecule has 0 aromatic carbocycles. The first kappa shape index (κ1) is 13.1. The molecule has 1 aliphatic heterocycles. The Labute approximate surface area is 113 Å². The molecule has 2 heterocycles. The van der Waals surface area contributed by atoms with Crippen molar-refractivity contribution in [2.24, 2.45) is 0 Å². The van der Waals surface area contributed by atoms with E-state index in [1.807, 2.05) is 0 Å². The molecule has 0 unspecified atom stereocenters. The number of hydrogen-bond donors (Lipinski definition) is 1. The summed E-state index contributed by atoms with van der Waals surface area (Å²) in [4.78, 5) is 2.14. The van der Waals surface area contributed by atoms with Crippen LogP contribution in [0, 0.1) is 0 Å². The van der Waals surface area contributed by atoms with E-state index in [-0.39, 0.29) is 11.5 Å². The van der Waals surface area contributed by atoms with Crippen LogP contribution in [0.4, 0.5) is 0 Å². The van der Waals surface area contributed by atoms with Crippen molar-refractivity contribution >= 4 is 9.84 Å². The lowest BCUT2D eigenvalue weighted by molar-refractivity contribution is 0.262. The van der Waals surface area contributed by atoms with E-state index in [9.17, 15) is 8.42 Å². The second-order valence-corrected chi connectivity index (χ2v) is 7.81. The van der Waals surface area contributed by atoms with E-state index >= 15 is 0 Å². The van der Waals surface area contributed by atoms with Gasteiger partial charge in [0.15, 0.2) is 9.84 Å². The summed E-state index contributed by atoms with van der Waals surface area (Å²) < 4.78 is 28.2. The first-order chi connectivity index (χ1) is 9.11. The van der Waals surface area contributed by atoms with Gasteiger partial charge in [0.25, 0.3) is 0 Å². The number of hydrogen-bond acceptors (Lipinski definition) is 5. The SMILES string of the molecule is O=S1(=O)CCN(Cc2cc(CNC3CC3)co2)CC1. The van der Waals surface area contributed by atoms with E-state index in [2.05, 4.69) is 16.3 Å². The van der Waals surface area contributed by atoms with Crippen molar-refractivity contribution in [3.63, 3.8) is 0 Å².